The minimum absolute atomic E-state index is 0.239. The zero-order chi connectivity index (χ0) is 15.0. The van der Waals surface area contributed by atoms with Crippen molar-refractivity contribution >= 4 is 12.0 Å². The molecule has 0 bridgehead atoms. The number of aliphatic carboxylic acids is 1. The summed E-state index contributed by atoms with van der Waals surface area (Å²) in [5.41, 5.74) is 0. The first-order valence-electron chi connectivity index (χ1n) is 7.59. The van der Waals surface area contributed by atoms with Gasteiger partial charge in [-0.2, -0.15) is 0 Å². The fraction of sp³-hybridized carbons (Fsp3) is 0.857. The van der Waals surface area contributed by atoms with Gasteiger partial charge in [-0.25, -0.2) is 9.59 Å². The second kappa shape index (κ2) is 8.79. The minimum Gasteiger partial charge on any atom is -0.480 e. The maximum atomic E-state index is 12.0. The first-order valence-corrected chi connectivity index (χ1v) is 7.59. The molecule has 20 heavy (non-hydrogen) atoms. The summed E-state index contributed by atoms with van der Waals surface area (Å²) >= 11 is 0. The average Bonchev–Trinajstić information content (AvgIpc) is 2.47. The number of carbonyl (C=O) groups is 2. The number of amides is 2. The third kappa shape index (κ3) is 5.00. The molecule has 6 heteroatoms. The summed E-state index contributed by atoms with van der Waals surface area (Å²) in [7, 11) is 0. The fourth-order valence-corrected chi connectivity index (χ4v) is 2.57. The summed E-state index contributed by atoms with van der Waals surface area (Å²) in [6, 6.07) is -0.900. The van der Waals surface area contributed by atoms with Crippen LogP contribution in [-0.2, 0) is 4.79 Å². The van der Waals surface area contributed by atoms with Crippen molar-refractivity contribution in [1.82, 2.24) is 15.1 Å². The van der Waals surface area contributed by atoms with Gasteiger partial charge >= 0.3 is 12.0 Å². The number of carbonyl (C=O) groups excluding carboxylic acids is 1. The predicted molar refractivity (Wildman–Crippen MR) is 77.8 cm³/mol. The molecule has 1 heterocycles. The molecule has 6 nitrogen and oxygen atoms in total. The molecule has 0 aliphatic carbocycles. The Balaban J connectivity index is 2.32. The summed E-state index contributed by atoms with van der Waals surface area (Å²) in [5, 5.41) is 12.0. The number of piperidine rings is 1. The highest BCUT2D eigenvalue weighted by Crippen LogP contribution is 2.17. The highest BCUT2D eigenvalue weighted by atomic mass is 16.4. The van der Waals surface area contributed by atoms with Crippen LogP contribution in [0.15, 0.2) is 0 Å². The zero-order valence-corrected chi connectivity index (χ0v) is 12.6. The van der Waals surface area contributed by atoms with E-state index in [1.54, 1.807) is 0 Å². The SMILES string of the molecule is CCN(CC)CCCNC(=O)N1CCCCC1C(=O)O. The van der Waals surface area contributed by atoms with Gasteiger partial charge in [-0.3, -0.25) is 0 Å². The van der Waals surface area contributed by atoms with Gasteiger partial charge in [0.25, 0.3) is 0 Å². The van der Waals surface area contributed by atoms with Crippen molar-refractivity contribution in [2.24, 2.45) is 0 Å². The highest BCUT2D eigenvalue weighted by molar-refractivity contribution is 5.82. The number of hydrogen-bond acceptors (Lipinski definition) is 3. The van der Waals surface area contributed by atoms with Crippen LogP contribution in [0.1, 0.15) is 39.5 Å². The van der Waals surface area contributed by atoms with Gasteiger partial charge in [-0.05, 0) is 45.3 Å². The smallest absolute Gasteiger partial charge is 0.326 e. The zero-order valence-electron chi connectivity index (χ0n) is 12.6. The van der Waals surface area contributed by atoms with E-state index < -0.39 is 12.0 Å². The van der Waals surface area contributed by atoms with Crippen LogP contribution < -0.4 is 5.32 Å². The molecule has 0 spiro atoms. The molecule has 1 saturated heterocycles. The van der Waals surface area contributed by atoms with Crippen LogP contribution in [0.4, 0.5) is 4.79 Å². The number of rotatable bonds is 7. The number of urea groups is 1. The Hall–Kier alpha value is -1.30. The Morgan fingerprint density at radius 1 is 1.30 bits per heavy atom. The Kier molecular flexibility index (Phi) is 7.36. The van der Waals surface area contributed by atoms with Gasteiger partial charge in [0.1, 0.15) is 6.04 Å². The normalized spacial score (nSPS) is 19.1. The van der Waals surface area contributed by atoms with Gasteiger partial charge in [0.05, 0.1) is 0 Å². The van der Waals surface area contributed by atoms with Gasteiger partial charge < -0.3 is 20.2 Å². The lowest BCUT2D eigenvalue weighted by Gasteiger charge is -2.33. The van der Waals surface area contributed by atoms with Crippen molar-refractivity contribution in [1.29, 1.82) is 0 Å². The standard InChI is InChI=1S/C14H27N3O3/c1-3-16(4-2)10-7-9-15-14(20)17-11-6-5-8-12(17)13(18)19/h12H,3-11H2,1-2H3,(H,15,20)(H,18,19). The molecule has 0 aromatic heterocycles. The maximum Gasteiger partial charge on any atom is 0.326 e. The van der Waals surface area contributed by atoms with Crippen molar-refractivity contribution in [2.45, 2.75) is 45.6 Å². The predicted octanol–water partition coefficient (Wildman–Crippen LogP) is 1.37. The average molecular weight is 285 g/mol. The monoisotopic (exact) mass is 285 g/mol. The summed E-state index contributed by atoms with van der Waals surface area (Å²) in [6.07, 6.45) is 3.21. The van der Waals surface area contributed by atoms with Crippen molar-refractivity contribution in [3.8, 4) is 0 Å². The number of hydrogen-bond donors (Lipinski definition) is 2. The first kappa shape index (κ1) is 16.8. The van der Waals surface area contributed by atoms with Crippen LogP contribution in [0.5, 0.6) is 0 Å². The van der Waals surface area contributed by atoms with E-state index in [1.165, 1.54) is 4.90 Å². The molecule has 2 N–H and O–H groups in total. The number of carboxylic acid groups (broad SMARTS) is 1. The highest BCUT2D eigenvalue weighted by Gasteiger charge is 2.31. The number of nitrogens with one attached hydrogen (secondary N) is 1. The topological polar surface area (TPSA) is 72.9 Å². The van der Waals surface area contributed by atoms with Crippen LogP contribution in [0, 0.1) is 0 Å². The summed E-state index contributed by atoms with van der Waals surface area (Å²) < 4.78 is 0. The Morgan fingerprint density at radius 3 is 2.60 bits per heavy atom. The van der Waals surface area contributed by atoms with Crippen molar-refractivity contribution in [3.05, 3.63) is 0 Å². The van der Waals surface area contributed by atoms with Crippen LogP contribution >= 0.6 is 0 Å². The largest absolute Gasteiger partial charge is 0.480 e. The van der Waals surface area contributed by atoms with Crippen LogP contribution in [0.2, 0.25) is 0 Å². The third-order valence-corrected chi connectivity index (χ3v) is 3.87. The van der Waals surface area contributed by atoms with Crippen molar-refractivity contribution in [3.63, 3.8) is 0 Å². The number of nitrogens with zero attached hydrogens (tertiary/aromatic N) is 2. The molecule has 1 aliphatic heterocycles. The molecule has 0 saturated carbocycles. The van der Waals surface area contributed by atoms with Crippen molar-refractivity contribution in [2.75, 3.05) is 32.7 Å². The van der Waals surface area contributed by atoms with Gasteiger partial charge in [-0.1, -0.05) is 13.8 Å². The Bertz CT molecular complexity index is 319. The second-order valence-electron chi connectivity index (χ2n) is 5.16. The molecular weight excluding hydrogens is 258 g/mol. The summed E-state index contributed by atoms with van der Waals surface area (Å²) in [6.45, 7) is 8.35. The van der Waals surface area contributed by atoms with Crippen LogP contribution in [-0.4, -0.2) is 65.7 Å². The molecule has 1 aliphatic rings. The quantitative estimate of drug-likeness (QED) is 0.693. The Morgan fingerprint density at radius 2 is 2.00 bits per heavy atom. The van der Waals surface area contributed by atoms with E-state index in [0.29, 0.717) is 19.5 Å². The van der Waals surface area contributed by atoms with E-state index >= 15 is 0 Å². The van der Waals surface area contributed by atoms with E-state index in [4.69, 9.17) is 5.11 Å². The molecule has 1 fully saturated rings. The summed E-state index contributed by atoms with van der Waals surface area (Å²) in [5.74, 6) is -0.900. The number of likely N-dealkylation sites (tertiary alicyclic amines) is 1. The van der Waals surface area contributed by atoms with E-state index in [2.05, 4.69) is 24.1 Å². The van der Waals surface area contributed by atoms with E-state index in [1.807, 2.05) is 0 Å². The van der Waals surface area contributed by atoms with Gasteiger partial charge in [-0.15, -0.1) is 0 Å². The molecule has 0 aromatic rings. The Labute approximate surface area is 121 Å². The van der Waals surface area contributed by atoms with Gasteiger partial charge in [0.2, 0.25) is 0 Å². The van der Waals surface area contributed by atoms with Gasteiger partial charge in [0.15, 0.2) is 0 Å². The van der Waals surface area contributed by atoms with Gasteiger partial charge in [0, 0.05) is 13.1 Å². The maximum absolute atomic E-state index is 12.0. The lowest BCUT2D eigenvalue weighted by molar-refractivity contribution is -0.143. The molecule has 0 radical (unpaired) electrons. The summed E-state index contributed by atoms with van der Waals surface area (Å²) in [4.78, 5) is 26.9. The molecule has 116 valence electrons. The lowest BCUT2D eigenvalue weighted by atomic mass is 10.0. The fourth-order valence-electron chi connectivity index (χ4n) is 2.57. The van der Waals surface area contributed by atoms with Crippen molar-refractivity contribution < 1.29 is 14.7 Å². The van der Waals surface area contributed by atoms with E-state index in [0.717, 1.165) is 38.9 Å². The molecule has 1 unspecified atom stereocenters. The molecule has 2 amide bonds. The first-order chi connectivity index (χ1) is 9.60. The molecular formula is C14H27N3O3. The molecule has 1 rings (SSSR count). The minimum atomic E-state index is -0.900. The second-order valence-corrected chi connectivity index (χ2v) is 5.16. The van der Waals surface area contributed by atoms with Crippen LogP contribution in [0.25, 0.3) is 0 Å². The van der Waals surface area contributed by atoms with Crippen LogP contribution in [0.3, 0.4) is 0 Å². The van der Waals surface area contributed by atoms with E-state index in [-0.39, 0.29) is 6.03 Å². The van der Waals surface area contributed by atoms with E-state index in [9.17, 15) is 9.59 Å². The lowest BCUT2D eigenvalue weighted by Crippen LogP contribution is -2.52. The third-order valence-electron chi connectivity index (χ3n) is 3.87. The molecule has 0 aromatic carbocycles. The number of carboxylic acids is 1. The molecule has 1 atom stereocenters.